The number of ketones is 1. The van der Waals surface area contributed by atoms with Crippen LogP contribution in [0.4, 0.5) is 9.18 Å². The molecule has 35 heavy (non-hydrogen) atoms. The summed E-state index contributed by atoms with van der Waals surface area (Å²) in [5, 5.41) is 0.365. The van der Waals surface area contributed by atoms with Crippen molar-refractivity contribution in [2.45, 2.75) is 6.54 Å². The van der Waals surface area contributed by atoms with E-state index in [4.69, 9.17) is 0 Å². The fourth-order valence-electron chi connectivity index (χ4n) is 3.99. The van der Waals surface area contributed by atoms with Gasteiger partial charge in [-0.15, -0.1) is 0 Å². The number of carbonyl (C=O) groups is 3. The molecule has 174 valence electrons. The van der Waals surface area contributed by atoms with Crippen molar-refractivity contribution >= 4 is 61.6 Å². The van der Waals surface area contributed by atoms with Gasteiger partial charge in [-0.25, -0.2) is 4.39 Å². The van der Waals surface area contributed by atoms with Crippen LogP contribution in [0, 0.1) is 5.82 Å². The van der Waals surface area contributed by atoms with Crippen molar-refractivity contribution in [1.82, 2.24) is 9.47 Å². The predicted octanol–water partition coefficient (Wildman–Crippen LogP) is 6.51. The van der Waals surface area contributed by atoms with Crippen molar-refractivity contribution in [3.05, 3.63) is 111 Å². The van der Waals surface area contributed by atoms with Crippen molar-refractivity contribution in [2.75, 3.05) is 6.54 Å². The van der Waals surface area contributed by atoms with Gasteiger partial charge in [0.15, 0.2) is 5.78 Å². The van der Waals surface area contributed by atoms with E-state index in [1.165, 1.54) is 6.07 Å². The SMILES string of the molecule is O=C(CN1C(=O)S/C(=C\c2cn(Cc3ccccc3F)c3ccc(Br)cc23)C1=O)c1ccccc1. The number of imide groups is 1. The first kappa shape index (κ1) is 23.3. The number of rotatable bonds is 6. The summed E-state index contributed by atoms with van der Waals surface area (Å²) in [4.78, 5) is 39.4. The van der Waals surface area contributed by atoms with Gasteiger partial charge in [0.2, 0.25) is 0 Å². The number of thioether (sulfide) groups is 1. The van der Waals surface area contributed by atoms with Crippen LogP contribution in [0.1, 0.15) is 21.5 Å². The Balaban J connectivity index is 1.47. The Morgan fingerprint density at radius 1 is 1.00 bits per heavy atom. The monoisotopic (exact) mass is 548 g/mol. The fourth-order valence-corrected chi connectivity index (χ4v) is 5.18. The van der Waals surface area contributed by atoms with Gasteiger partial charge in [-0.2, -0.15) is 0 Å². The van der Waals surface area contributed by atoms with E-state index in [-0.39, 0.29) is 23.1 Å². The largest absolute Gasteiger partial charge is 0.342 e. The fraction of sp³-hybridized carbons (Fsp3) is 0.0741. The third-order valence-electron chi connectivity index (χ3n) is 5.73. The lowest BCUT2D eigenvalue weighted by atomic mass is 10.1. The Morgan fingerprint density at radius 3 is 2.51 bits per heavy atom. The number of hydrogen-bond acceptors (Lipinski definition) is 4. The number of Topliss-reactive ketones (excluding diaryl/α,β-unsaturated/α-hetero) is 1. The Hall–Kier alpha value is -3.49. The first-order valence-corrected chi connectivity index (χ1v) is 12.4. The molecule has 0 spiro atoms. The standard InChI is InChI=1S/C27H18BrFN2O3S/c28-20-10-11-23-21(13-20)19(15-30(23)14-18-8-4-5-9-22(18)29)12-25-26(33)31(27(34)35-25)16-24(32)17-6-2-1-3-7-17/h1-13,15H,14,16H2/b25-12-. The molecule has 3 aromatic carbocycles. The minimum atomic E-state index is -0.505. The van der Waals surface area contributed by atoms with Gasteiger partial charge in [-0.1, -0.05) is 64.5 Å². The number of aromatic nitrogens is 1. The molecule has 8 heteroatoms. The molecule has 0 atom stereocenters. The summed E-state index contributed by atoms with van der Waals surface area (Å²) in [7, 11) is 0. The molecule has 0 unspecified atom stereocenters. The predicted molar refractivity (Wildman–Crippen MR) is 139 cm³/mol. The van der Waals surface area contributed by atoms with Gasteiger partial charge in [-0.05, 0) is 42.1 Å². The zero-order valence-corrected chi connectivity index (χ0v) is 20.7. The van der Waals surface area contributed by atoms with Crippen molar-refractivity contribution < 1.29 is 18.8 Å². The second-order valence-electron chi connectivity index (χ2n) is 8.02. The molecular formula is C27H18BrFN2O3S. The van der Waals surface area contributed by atoms with Gasteiger partial charge in [0.25, 0.3) is 11.1 Å². The average Bonchev–Trinajstić information content (AvgIpc) is 3.32. The van der Waals surface area contributed by atoms with Crippen LogP contribution in [-0.2, 0) is 11.3 Å². The second-order valence-corrected chi connectivity index (χ2v) is 9.93. The number of benzene rings is 3. The molecule has 2 heterocycles. The molecule has 1 aromatic heterocycles. The van der Waals surface area contributed by atoms with Crippen LogP contribution in [0.5, 0.6) is 0 Å². The summed E-state index contributed by atoms with van der Waals surface area (Å²) >= 11 is 4.29. The topological polar surface area (TPSA) is 59.4 Å². The van der Waals surface area contributed by atoms with E-state index >= 15 is 0 Å². The first-order valence-electron chi connectivity index (χ1n) is 10.8. The van der Waals surface area contributed by atoms with Gasteiger partial charge in [0.05, 0.1) is 18.0 Å². The van der Waals surface area contributed by atoms with Crippen LogP contribution >= 0.6 is 27.7 Å². The lowest BCUT2D eigenvalue weighted by Gasteiger charge is -2.11. The van der Waals surface area contributed by atoms with E-state index in [0.717, 1.165) is 37.6 Å². The number of fused-ring (bicyclic) bond motifs is 1. The number of halogens is 2. The maximum absolute atomic E-state index is 14.3. The van der Waals surface area contributed by atoms with Gasteiger partial charge in [0, 0.05) is 38.3 Å². The molecule has 0 aliphatic carbocycles. The van der Waals surface area contributed by atoms with E-state index in [1.54, 1.807) is 54.6 Å². The third-order valence-corrected chi connectivity index (χ3v) is 7.13. The van der Waals surface area contributed by atoms with Crippen molar-refractivity contribution in [1.29, 1.82) is 0 Å². The number of amides is 2. The number of nitrogens with zero attached hydrogens (tertiary/aromatic N) is 2. The van der Waals surface area contributed by atoms with Crippen LogP contribution in [0.25, 0.3) is 17.0 Å². The van der Waals surface area contributed by atoms with Gasteiger partial charge < -0.3 is 4.57 Å². The summed E-state index contributed by atoms with van der Waals surface area (Å²) in [5.74, 6) is -1.11. The lowest BCUT2D eigenvalue weighted by molar-refractivity contribution is -0.122. The molecule has 1 saturated heterocycles. The molecule has 0 bridgehead atoms. The maximum Gasteiger partial charge on any atom is 0.293 e. The average molecular weight is 549 g/mol. The van der Waals surface area contributed by atoms with Crippen LogP contribution in [0.2, 0.25) is 0 Å². The zero-order chi connectivity index (χ0) is 24.5. The van der Waals surface area contributed by atoms with Crippen LogP contribution in [-0.4, -0.2) is 32.9 Å². The Labute approximate surface area is 213 Å². The highest BCUT2D eigenvalue weighted by molar-refractivity contribution is 9.10. The summed E-state index contributed by atoms with van der Waals surface area (Å²) in [6, 6.07) is 20.9. The molecule has 1 fully saturated rings. The van der Waals surface area contributed by atoms with E-state index in [1.807, 2.05) is 29.0 Å². The van der Waals surface area contributed by atoms with E-state index in [9.17, 15) is 18.8 Å². The summed E-state index contributed by atoms with van der Waals surface area (Å²) in [6.45, 7) is -0.00167. The molecule has 0 saturated carbocycles. The minimum Gasteiger partial charge on any atom is -0.342 e. The Bertz CT molecular complexity index is 1510. The summed E-state index contributed by atoms with van der Waals surface area (Å²) in [6.07, 6.45) is 3.50. The number of hydrogen-bond donors (Lipinski definition) is 0. The third kappa shape index (κ3) is 4.72. The summed E-state index contributed by atoms with van der Waals surface area (Å²) < 4.78 is 17.1. The Morgan fingerprint density at radius 2 is 1.74 bits per heavy atom. The van der Waals surface area contributed by atoms with E-state index < -0.39 is 11.1 Å². The minimum absolute atomic E-state index is 0.237. The molecule has 5 rings (SSSR count). The smallest absolute Gasteiger partial charge is 0.293 e. The van der Waals surface area contributed by atoms with Crippen molar-refractivity contribution in [3.63, 3.8) is 0 Å². The second kappa shape index (κ2) is 9.64. The van der Waals surface area contributed by atoms with Crippen LogP contribution in [0.15, 0.2) is 88.4 Å². The lowest BCUT2D eigenvalue weighted by Crippen LogP contribution is -2.33. The molecule has 1 aliphatic heterocycles. The molecule has 5 nitrogen and oxygen atoms in total. The van der Waals surface area contributed by atoms with Crippen molar-refractivity contribution in [2.24, 2.45) is 0 Å². The molecular weight excluding hydrogens is 531 g/mol. The van der Waals surface area contributed by atoms with Gasteiger partial charge in [0.1, 0.15) is 5.82 Å². The van der Waals surface area contributed by atoms with E-state index in [0.29, 0.717) is 17.7 Å². The first-order chi connectivity index (χ1) is 16.9. The highest BCUT2D eigenvalue weighted by atomic mass is 79.9. The molecule has 0 N–H and O–H groups in total. The van der Waals surface area contributed by atoms with Crippen LogP contribution in [0.3, 0.4) is 0 Å². The van der Waals surface area contributed by atoms with Gasteiger partial charge in [-0.3, -0.25) is 19.3 Å². The molecule has 4 aromatic rings. The maximum atomic E-state index is 14.3. The number of carbonyl (C=O) groups excluding carboxylic acids is 3. The zero-order valence-electron chi connectivity index (χ0n) is 18.3. The van der Waals surface area contributed by atoms with Crippen LogP contribution < -0.4 is 0 Å². The van der Waals surface area contributed by atoms with Gasteiger partial charge >= 0.3 is 0 Å². The summed E-state index contributed by atoms with van der Waals surface area (Å²) in [5.41, 5.74) is 2.56. The molecule has 0 radical (unpaired) electrons. The highest BCUT2D eigenvalue weighted by Crippen LogP contribution is 2.35. The van der Waals surface area contributed by atoms with E-state index in [2.05, 4.69) is 15.9 Å². The highest BCUT2D eigenvalue weighted by Gasteiger charge is 2.36. The van der Waals surface area contributed by atoms with Crippen molar-refractivity contribution in [3.8, 4) is 0 Å². The quantitative estimate of drug-likeness (QED) is 0.203. The normalized spacial score (nSPS) is 14.9. The molecule has 2 amide bonds. The Kier molecular flexibility index (Phi) is 6.40. The molecule has 1 aliphatic rings.